The van der Waals surface area contributed by atoms with Gasteiger partial charge in [-0.2, -0.15) is 0 Å². The number of nitrogens with two attached hydrogens (primary N) is 2. The second-order valence-corrected chi connectivity index (χ2v) is 17.4. The SMILES string of the molecule is COc1ccccc1-c1cn2c(n1)C(CC(C)C)N(C(=O)C(N)CSSCC(N)C(=O)N1CCn3cc(-c4ccccc4OC)nc3C1CC(C)C)CC2. The van der Waals surface area contributed by atoms with Crippen LogP contribution in [0.2, 0.25) is 0 Å². The van der Waals surface area contributed by atoms with Crippen LogP contribution >= 0.6 is 21.6 Å². The molecule has 4 aromatic rings. The predicted molar refractivity (Wildman–Crippen MR) is 217 cm³/mol. The molecule has 2 aliphatic rings. The topological polar surface area (TPSA) is 147 Å². The maximum absolute atomic E-state index is 13.9. The Morgan fingerprint density at radius 3 is 1.44 bits per heavy atom. The summed E-state index contributed by atoms with van der Waals surface area (Å²) >= 11 is 0. The molecule has 12 nitrogen and oxygen atoms in total. The van der Waals surface area contributed by atoms with Crippen LogP contribution in [0.1, 0.15) is 64.3 Å². The number of fused-ring (bicyclic) bond motifs is 2. The second kappa shape index (κ2) is 17.7. The Morgan fingerprint density at radius 1 is 0.685 bits per heavy atom. The summed E-state index contributed by atoms with van der Waals surface area (Å²) < 4.78 is 15.5. The zero-order valence-corrected chi connectivity index (χ0v) is 33.8. The summed E-state index contributed by atoms with van der Waals surface area (Å²) in [5.74, 6) is 4.58. The fraction of sp³-hybridized carbons (Fsp3) is 0.500. The summed E-state index contributed by atoms with van der Waals surface area (Å²) in [4.78, 5) is 41.7. The molecule has 4 atom stereocenters. The van der Waals surface area contributed by atoms with Crippen molar-refractivity contribution in [3.8, 4) is 34.0 Å². The zero-order chi connectivity index (χ0) is 38.5. The van der Waals surface area contributed by atoms with Crippen LogP contribution in [0, 0.1) is 11.8 Å². The lowest BCUT2D eigenvalue weighted by atomic mass is 9.99. The molecule has 0 fully saturated rings. The van der Waals surface area contributed by atoms with E-state index in [-0.39, 0.29) is 23.9 Å². The third kappa shape index (κ3) is 8.61. The van der Waals surface area contributed by atoms with Crippen LogP contribution in [0.25, 0.3) is 22.5 Å². The van der Waals surface area contributed by atoms with Crippen LogP contribution in [-0.4, -0.2) is 91.6 Å². The van der Waals surface area contributed by atoms with Gasteiger partial charge >= 0.3 is 0 Å². The van der Waals surface area contributed by atoms with E-state index in [4.69, 9.17) is 30.9 Å². The highest BCUT2D eigenvalue weighted by Crippen LogP contribution is 2.38. The lowest BCUT2D eigenvalue weighted by Gasteiger charge is -2.38. The Balaban J connectivity index is 1.06. The van der Waals surface area contributed by atoms with Crippen molar-refractivity contribution >= 4 is 33.4 Å². The molecule has 4 heterocycles. The molecule has 0 bridgehead atoms. The van der Waals surface area contributed by atoms with Gasteiger partial charge in [0.1, 0.15) is 23.1 Å². The molecule has 14 heteroatoms. The van der Waals surface area contributed by atoms with Crippen molar-refractivity contribution in [1.82, 2.24) is 28.9 Å². The van der Waals surface area contributed by atoms with Gasteiger partial charge in [-0.15, -0.1) is 0 Å². The van der Waals surface area contributed by atoms with Gasteiger partial charge in [-0.05, 0) is 48.9 Å². The van der Waals surface area contributed by atoms with E-state index in [0.29, 0.717) is 49.5 Å². The maximum Gasteiger partial charge on any atom is 0.241 e. The number of imidazole rings is 2. The summed E-state index contributed by atoms with van der Waals surface area (Å²) in [5, 5.41) is 0. The highest BCUT2D eigenvalue weighted by Gasteiger charge is 2.37. The molecule has 0 radical (unpaired) electrons. The molecule has 2 aromatic carbocycles. The minimum absolute atomic E-state index is 0.0879. The minimum atomic E-state index is -0.701. The van der Waals surface area contributed by atoms with Crippen molar-refractivity contribution < 1.29 is 19.1 Å². The number of hydrogen-bond donors (Lipinski definition) is 2. The van der Waals surface area contributed by atoms with E-state index in [0.717, 1.165) is 58.5 Å². The molecular weight excluding hydrogens is 721 g/mol. The van der Waals surface area contributed by atoms with Crippen LogP contribution in [0.5, 0.6) is 11.5 Å². The molecule has 2 amide bonds. The van der Waals surface area contributed by atoms with Crippen LogP contribution in [0.15, 0.2) is 60.9 Å². The molecule has 290 valence electrons. The van der Waals surface area contributed by atoms with Crippen LogP contribution in [-0.2, 0) is 22.7 Å². The monoisotopic (exact) mass is 774 g/mol. The van der Waals surface area contributed by atoms with Crippen molar-refractivity contribution in [2.45, 2.75) is 77.8 Å². The standard InChI is InChI=1S/C40H54N8O4S2/c1-25(2)19-33-37-43-31(27-11-7-9-13-35(27)51-5)21-45(37)15-17-47(33)39(49)29(41)23-53-54-24-30(42)40(50)48-18-16-46-22-32(28-12-8-10-14-36(28)52-6)44-38(46)34(48)20-26(3)4/h7-14,21-22,25-26,29-30,33-34H,15-20,23-24,41-42H2,1-6H3. The van der Waals surface area contributed by atoms with Gasteiger partial charge in [0, 0.05) is 61.2 Å². The van der Waals surface area contributed by atoms with Gasteiger partial charge in [-0.1, -0.05) is 73.5 Å². The number of aromatic nitrogens is 4. The number of nitrogens with zero attached hydrogens (tertiary/aromatic N) is 6. The number of carbonyl (C=O) groups excluding carboxylic acids is 2. The fourth-order valence-electron chi connectivity index (χ4n) is 7.44. The summed E-state index contributed by atoms with van der Waals surface area (Å²) in [6.07, 6.45) is 5.66. The average molecular weight is 775 g/mol. The van der Waals surface area contributed by atoms with E-state index < -0.39 is 12.1 Å². The van der Waals surface area contributed by atoms with E-state index in [1.165, 1.54) is 21.6 Å². The smallest absolute Gasteiger partial charge is 0.241 e. The first-order chi connectivity index (χ1) is 26.0. The molecule has 0 spiro atoms. The van der Waals surface area contributed by atoms with Crippen LogP contribution in [0.3, 0.4) is 0 Å². The van der Waals surface area contributed by atoms with Gasteiger partial charge in [0.25, 0.3) is 0 Å². The fourth-order valence-corrected chi connectivity index (χ4v) is 9.67. The lowest BCUT2D eigenvalue weighted by Crippen LogP contribution is -2.50. The van der Waals surface area contributed by atoms with Crippen molar-refractivity contribution in [2.75, 3.05) is 38.8 Å². The molecule has 2 aliphatic heterocycles. The first kappa shape index (κ1) is 39.7. The number of carbonyl (C=O) groups is 2. The molecule has 0 aliphatic carbocycles. The highest BCUT2D eigenvalue weighted by molar-refractivity contribution is 8.76. The number of rotatable bonds is 15. The Labute approximate surface area is 326 Å². The van der Waals surface area contributed by atoms with Gasteiger partial charge in [0.05, 0.1) is 49.8 Å². The summed E-state index contributed by atoms with van der Waals surface area (Å²) in [5.41, 5.74) is 16.6. The molecular formula is C40H54N8O4S2. The Bertz CT molecular complexity index is 1780. The van der Waals surface area contributed by atoms with Crippen molar-refractivity contribution in [2.24, 2.45) is 23.3 Å². The first-order valence-corrected chi connectivity index (χ1v) is 21.3. The normalized spacial score (nSPS) is 18.0. The van der Waals surface area contributed by atoms with E-state index in [2.05, 4.69) is 49.2 Å². The number of para-hydroxylation sites is 2. The summed E-state index contributed by atoms with van der Waals surface area (Å²) in [6, 6.07) is 13.9. The summed E-state index contributed by atoms with van der Waals surface area (Å²) in [7, 11) is 6.29. The average Bonchev–Trinajstić information content (AvgIpc) is 3.81. The lowest BCUT2D eigenvalue weighted by molar-refractivity contribution is -0.137. The number of amides is 2. The van der Waals surface area contributed by atoms with Gasteiger partial charge in [0.15, 0.2) is 0 Å². The molecule has 4 N–H and O–H groups in total. The van der Waals surface area contributed by atoms with E-state index in [1.807, 2.05) is 58.3 Å². The van der Waals surface area contributed by atoms with Crippen molar-refractivity contribution in [3.05, 3.63) is 72.6 Å². The summed E-state index contributed by atoms with van der Waals surface area (Å²) in [6.45, 7) is 11.0. The third-order valence-corrected chi connectivity index (χ3v) is 12.5. The molecule has 6 rings (SSSR count). The number of methoxy groups -OCH3 is 2. The Morgan fingerprint density at radius 2 is 1.07 bits per heavy atom. The van der Waals surface area contributed by atoms with Gasteiger partial charge in [0.2, 0.25) is 11.8 Å². The number of ether oxygens (including phenoxy) is 2. The molecule has 4 unspecified atom stereocenters. The molecule has 2 aromatic heterocycles. The van der Waals surface area contributed by atoms with E-state index in [1.54, 1.807) is 14.2 Å². The Kier molecular flexibility index (Phi) is 13.0. The first-order valence-electron chi connectivity index (χ1n) is 18.8. The van der Waals surface area contributed by atoms with Gasteiger partial charge < -0.3 is 39.9 Å². The van der Waals surface area contributed by atoms with Crippen molar-refractivity contribution in [3.63, 3.8) is 0 Å². The van der Waals surface area contributed by atoms with Crippen molar-refractivity contribution in [1.29, 1.82) is 0 Å². The predicted octanol–water partition coefficient (Wildman–Crippen LogP) is 6.03. The number of benzene rings is 2. The molecule has 54 heavy (non-hydrogen) atoms. The largest absolute Gasteiger partial charge is 0.496 e. The van der Waals surface area contributed by atoms with Gasteiger partial charge in [-0.3, -0.25) is 9.59 Å². The second-order valence-electron chi connectivity index (χ2n) is 14.9. The Hall–Kier alpha value is -3.98. The van der Waals surface area contributed by atoms with E-state index >= 15 is 0 Å². The molecule has 0 saturated heterocycles. The van der Waals surface area contributed by atoms with Crippen LogP contribution in [0.4, 0.5) is 0 Å². The third-order valence-electron chi connectivity index (χ3n) is 10.1. The minimum Gasteiger partial charge on any atom is -0.496 e. The maximum atomic E-state index is 13.9. The highest BCUT2D eigenvalue weighted by atomic mass is 33.1. The number of hydrogen-bond acceptors (Lipinski definition) is 10. The van der Waals surface area contributed by atoms with Gasteiger partial charge in [-0.25, -0.2) is 9.97 Å². The van der Waals surface area contributed by atoms with E-state index in [9.17, 15) is 9.59 Å². The molecule has 0 saturated carbocycles. The quantitative estimate of drug-likeness (QED) is 0.109. The van der Waals surface area contributed by atoms with Crippen LogP contribution < -0.4 is 20.9 Å². The zero-order valence-electron chi connectivity index (χ0n) is 32.2.